The molecule has 0 bridgehead atoms. The van der Waals surface area contributed by atoms with Crippen molar-refractivity contribution in [2.45, 2.75) is 38.1 Å². The Morgan fingerprint density at radius 3 is 2.81 bits per heavy atom. The molecule has 1 N–H and O–H groups in total. The summed E-state index contributed by atoms with van der Waals surface area (Å²) in [6, 6.07) is 8.27. The van der Waals surface area contributed by atoms with Crippen LogP contribution in [0.15, 0.2) is 24.3 Å². The van der Waals surface area contributed by atoms with Crippen molar-refractivity contribution >= 4 is 11.5 Å². The Morgan fingerprint density at radius 2 is 2.12 bits per heavy atom. The Hall–Kier alpha value is -1.31. The number of fused-ring (bicyclic) bond motifs is 1. The van der Waals surface area contributed by atoms with Gasteiger partial charge in [-0.25, -0.2) is 0 Å². The van der Waals surface area contributed by atoms with E-state index in [4.69, 9.17) is 0 Å². The fraction of sp³-hybridized carbons (Fsp3) is 0.500. The Labute approximate surface area is 96.1 Å². The standard InChI is InChI=1S/C14H17NO/c16-14(8-10-4-3-5-10)13-9-11-6-1-2-7-12(11)15-13/h1-2,6-7,10,13,15H,3-5,8-9H2. The van der Waals surface area contributed by atoms with Gasteiger partial charge in [0.25, 0.3) is 0 Å². The summed E-state index contributed by atoms with van der Waals surface area (Å²) in [6.45, 7) is 0. The van der Waals surface area contributed by atoms with Crippen molar-refractivity contribution in [2.75, 3.05) is 5.32 Å². The smallest absolute Gasteiger partial charge is 0.155 e. The number of Topliss-reactive ketones (excluding diaryl/α,β-unsaturated/α-hetero) is 1. The van der Waals surface area contributed by atoms with Crippen LogP contribution in [0.3, 0.4) is 0 Å². The number of ketones is 1. The largest absolute Gasteiger partial charge is 0.375 e. The molecule has 1 aliphatic heterocycles. The van der Waals surface area contributed by atoms with Gasteiger partial charge < -0.3 is 5.32 Å². The predicted molar refractivity (Wildman–Crippen MR) is 64.5 cm³/mol. The van der Waals surface area contributed by atoms with Gasteiger partial charge in [-0.15, -0.1) is 0 Å². The molecule has 1 aromatic rings. The summed E-state index contributed by atoms with van der Waals surface area (Å²) in [6.07, 6.45) is 5.49. The number of para-hydroxylation sites is 1. The molecule has 1 unspecified atom stereocenters. The van der Waals surface area contributed by atoms with E-state index in [0.717, 1.165) is 18.5 Å². The fourth-order valence-corrected chi connectivity index (χ4v) is 2.62. The first-order valence-electron chi connectivity index (χ1n) is 6.20. The zero-order valence-electron chi connectivity index (χ0n) is 9.41. The number of hydrogen-bond donors (Lipinski definition) is 1. The lowest BCUT2D eigenvalue weighted by molar-refractivity contribution is -0.121. The third kappa shape index (κ3) is 1.73. The summed E-state index contributed by atoms with van der Waals surface area (Å²) in [4.78, 5) is 12.1. The lowest BCUT2D eigenvalue weighted by atomic mass is 9.80. The van der Waals surface area contributed by atoms with Gasteiger partial charge in [0.05, 0.1) is 6.04 Å². The van der Waals surface area contributed by atoms with Crippen molar-refractivity contribution < 1.29 is 4.79 Å². The van der Waals surface area contributed by atoms with Crippen LogP contribution >= 0.6 is 0 Å². The average Bonchev–Trinajstić information content (AvgIpc) is 2.66. The van der Waals surface area contributed by atoms with Crippen LogP contribution in [0.25, 0.3) is 0 Å². The van der Waals surface area contributed by atoms with Crippen molar-refractivity contribution in [3.63, 3.8) is 0 Å². The van der Waals surface area contributed by atoms with Gasteiger partial charge >= 0.3 is 0 Å². The summed E-state index contributed by atoms with van der Waals surface area (Å²) >= 11 is 0. The number of benzene rings is 1. The fourth-order valence-electron chi connectivity index (χ4n) is 2.62. The molecule has 0 amide bonds. The molecule has 2 aliphatic rings. The molecule has 1 aromatic carbocycles. The van der Waals surface area contributed by atoms with E-state index in [2.05, 4.69) is 17.4 Å². The lowest BCUT2D eigenvalue weighted by Gasteiger charge is -2.25. The van der Waals surface area contributed by atoms with Crippen molar-refractivity contribution in [3.8, 4) is 0 Å². The van der Waals surface area contributed by atoms with Crippen molar-refractivity contribution in [2.24, 2.45) is 5.92 Å². The highest BCUT2D eigenvalue weighted by Crippen LogP contribution is 2.32. The van der Waals surface area contributed by atoms with Gasteiger partial charge in [0, 0.05) is 18.5 Å². The summed E-state index contributed by atoms with van der Waals surface area (Å²) in [7, 11) is 0. The zero-order valence-corrected chi connectivity index (χ0v) is 9.41. The maximum absolute atomic E-state index is 12.1. The molecule has 1 heterocycles. The molecule has 0 saturated heterocycles. The van der Waals surface area contributed by atoms with Crippen molar-refractivity contribution in [1.82, 2.24) is 0 Å². The van der Waals surface area contributed by atoms with E-state index in [1.54, 1.807) is 0 Å². The SMILES string of the molecule is O=C(CC1CCC1)C1Cc2ccccc2N1. The Morgan fingerprint density at radius 1 is 1.31 bits per heavy atom. The first-order valence-corrected chi connectivity index (χ1v) is 6.20. The lowest BCUT2D eigenvalue weighted by Crippen LogP contribution is -2.30. The Balaban J connectivity index is 1.64. The molecule has 0 aromatic heterocycles. The average molecular weight is 215 g/mol. The van der Waals surface area contributed by atoms with Crippen LogP contribution < -0.4 is 5.32 Å². The highest BCUT2D eigenvalue weighted by atomic mass is 16.1. The number of rotatable bonds is 3. The third-order valence-corrected chi connectivity index (χ3v) is 3.87. The second-order valence-corrected chi connectivity index (χ2v) is 5.03. The molecular weight excluding hydrogens is 198 g/mol. The van der Waals surface area contributed by atoms with E-state index in [1.165, 1.54) is 24.8 Å². The summed E-state index contributed by atoms with van der Waals surface area (Å²) in [5.41, 5.74) is 2.43. The van der Waals surface area contributed by atoms with Crippen molar-refractivity contribution in [3.05, 3.63) is 29.8 Å². The second kappa shape index (κ2) is 3.93. The minimum Gasteiger partial charge on any atom is -0.375 e. The molecule has 16 heavy (non-hydrogen) atoms. The van der Waals surface area contributed by atoms with Gasteiger partial charge in [-0.1, -0.05) is 37.5 Å². The van der Waals surface area contributed by atoms with Crippen LogP contribution in [-0.4, -0.2) is 11.8 Å². The van der Waals surface area contributed by atoms with Gasteiger partial charge in [-0.3, -0.25) is 4.79 Å². The normalized spacial score (nSPS) is 23.4. The summed E-state index contributed by atoms with van der Waals surface area (Å²) in [5, 5.41) is 3.34. The number of nitrogens with one attached hydrogen (secondary N) is 1. The van der Waals surface area contributed by atoms with Crippen LogP contribution in [0.2, 0.25) is 0 Å². The maximum atomic E-state index is 12.1. The molecule has 1 atom stereocenters. The maximum Gasteiger partial charge on any atom is 0.155 e. The second-order valence-electron chi connectivity index (χ2n) is 5.03. The molecule has 1 aliphatic carbocycles. The molecule has 0 spiro atoms. The molecular formula is C14H17NO. The monoisotopic (exact) mass is 215 g/mol. The van der Waals surface area contributed by atoms with E-state index in [-0.39, 0.29) is 6.04 Å². The van der Waals surface area contributed by atoms with E-state index in [1.807, 2.05) is 12.1 Å². The van der Waals surface area contributed by atoms with Crippen LogP contribution in [0.4, 0.5) is 5.69 Å². The first kappa shape index (κ1) is 9.88. The summed E-state index contributed by atoms with van der Waals surface area (Å²) < 4.78 is 0. The zero-order chi connectivity index (χ0) is 11.0. The number of carbonyl (C=O) groups excluding carboxylic acids is 1. The van der Waals surface area contributed by atoms with Crippen molar-refractivity contribution in [1.29, 1.82) is 0 Å². The van der Waals surface area contributed by atoms with Gasteiger partial charge in [-0.2, -0.15) is 0 Å². The van der Waals surface area contributed by atoms with E-state index >= 15 is 0 Å². The highest BCUT2D eigenvalue weighted by molar-refractivity contribution is 5.89. The van der Waals surface area contributed by atoms with Gasteiger partial charge in [0.2, 0.25) is 0 Å². The van der Waals surface area contributed by atoms with E-state index in [0.29, 0.717) is 11.7 Å². The Kier molecular flexibility index (Phi) is 2.43. The molecule has 1 fully saturated rings. The number of hydrogen-bond acceptors (Lipinski definition) is 2. The van der Waals surface area contributed by atoms with E-state index in [9.17, 15) is 4.79 Å². The molecule has 3 rings (SSSR count). The number of anilines is 1. The summed E-state index contributed by atoms with van der Waals surface area (Å²) in [5.74, 6) is 1.08. The molecule has 2 heteroatoms. The molecule has 0 radical (unpaired) electrons. The van der Waals surface area contributed by atoms with E-state index < -0.39 is 0 Å². The first-order chi connectivity index (χ1) is 7.83. The van der Waals surface area contributed by atoms with Crippen LogP contribution in [0, 0.1) is 5.92 Å². The topological polar surface area (TPSA) is 29.1 Å². The Bertz CT molecular complexity index is 384. The molecule has 1 saturated carbocycles. The third-order valence-electron chi connectivity index (χ3n) is 3.87. The van der Waals surface area contributed by atoms with Gasteiger partial charge in [0.15, 0.2) is 5.78 Å². The predicted octanol–water partition coefficient (Wildman–Crippen LogP) is 2.78. The minimum absolute atomic E-state index is 0.0398. The number of carbonyl (C=O) groups is 1. The van der Waals surface area contributed by atoms with Crippen LogP contribution in [-0.2, 0) is 11.2 Å². The van der Waals surface area contributed by atoms with Gasteiger partial charge in [-0.05, 0) is 17.5 Å². The minimum atomic E-state index is 0.0398. The van der Waals surface area contributed by atoms with Gasteiger partial charge in [0.1, 0.15) is 0 Å². The molecule has 2 nitrogen and oxygen atoms in total. The molecule has 84 valence electrons. The highest BCUT2D eigenvalue weighted by Gasteiger charge is 2.29. The van der Waals surface area contributed by atoms with Crippen LogP contribution in [0.5, 0.6) is 0 Å². The van der Waals surface area contributed by atoms with Crippen LogP contribution in [0.1, 0.15) is 31.2 Å². The quantitative estimate of drug-likeness (QED) is 0.840.